The summed E-state index contributed by atoms with van der Waals surface area (Å²) in [5, 5.41) is 14.6. The summed E-state index contributed by atoms with van der Waals surface area (Å²) in [6, 6.07) is 19.7. The van der Waals surface area contributed by atoms with Gasteiger partial charge in [-0.2, -0.15) is 0 Å². The highest BCUT2D eigenvalue weighted by molar-refractivity contribution is 5.79. The van der Waals surface area contributed by atoms with Gasteiger partial charge in [0.25, 0.3) is 5.69 Å². The van der Waals surface area contributed by atoms with Gasteiger partial charge in [-0.3, -0.25) is 10.1 Å². The molecule has 0 atom stereocenters. The van der Waals surface area contributed by atoms with E-state index in [1.807, 2.05) is 0 Å². The molecule has 0 bridgehead atoms. The molecule has 3 rings (SSSR count). The summed E-state index contributed by atoms with van der Waals surface area (Å²) in [7, 11) is 0. The molecule has 0 amide bonds. The number of nitro groups is 1. The van der Waals surface area contributed by atoms with E-state index >= 15 is 0 Å². The standard InChI is InChI=1S/C21H17FN2O4/c22-21-7-2-1-5-18(21)15-27-20-10-8-16(9-11-20)13-23-28-14-17-4-3-6-19(12-17)24(25)26/h1-13H,14-15H2/b23-13-. The number of benzene rings is 3. The fourth-order valence-corrected chi connectivity index (χ4v) is 2.40. The Bertz CT molecular complexity index is 974. The summed E-state index contributed by atoms with van der Waals surface area (Å²) in [5.41, 5.74) is 1.94. The van der Waals surface area contributed by atoms with E-state index in [4.69, 9.17) is 9.57 Å². The van der Waals surface area contributed by atoms with Gasteiger partial charge in [0.15, 0.2) is 0 Å². The van der Waals surface area contributed by atoms with Crippen molar-refractivity contribution in [2.24, 2.45) is 5.16 Å². The Kier molecular flexibility index (Phi) is 6.30. The second-order valence-electron chi connectivity index (χ2n) is 5.88. The zero-order valence-corrected chi connectivity index (χ0v) is 14.8. The lowest BCUT2D eigenvalue weighted by molar-refractivity contribution is -0.384. The van der Waals surface area contributed by atoms with Crippen LogP contribution in [0.1, 0.15) is 16.7 Å². The van der Waals surface area contributed by atoms with E-state index in [0.29, 0.717) is 16.9 Å². The quantitative estimate of drug-likeness (QED) is 0.318. The predicted octanol–water partition coefficient (Wildman–Crippen LogP) is 4.86. The van der Waals surface area contributed by atoms with Crippen LogP contribution in [0.15, 0.2) is 78.0 Å². The van der Waals surface area contributed by atoms with E-state index in [-0.39, 0.29) is 24.7 Å². The van der Waals surface area contributed by atoms with Crippen LogP contribution >= 0.6 is 0 Å². The Labute approximate surface area is 161 Å². The van der Waals surface area contributed by atoms with Crippen molar-refractivity contribution in [2.75, 3.05) is 0 Å². The van der Waals surface area contributed by atoms with Crippen LogP contribution in [0.4, 0.5) is 10.1 Å². The third kappa shape index (κ3) is 5.38. The van der Waals surface area contributed by atoms with Crippen LogP contribution in [0.3, 0.4) is 0 Å². The van der Waals surface area contributed by atoms with Crippen LogP contribution in [0.2, 0.25) is 0 Å². The second-order valence-corrected chi connectivity index (χ2v) is 5.88. The van der Waals surface area contributed by atoms with Gasteiger partial charge in [0, 0.05) is 17.7 Å². The molecular weight excluding hydrogens is 363 g/mol. The third-order valence-corrected chi connectivity index (χ3v) is 3.86. The third-order valence-electron chi connectivity index (χ3n) is 3.86. The van der Waals surface area contributed by atoms with Crippen LogP contribution in [0.5, 0.6) is 5.75 Å². The summed E-state index contributed by atoms with van der Waals surface area (Å²) in [6.45, 7) is 0.272. The molecule has 28 heavy (non-hydrogen) atoms. The topological polar surface area (TPSA) is 74.0 Å². The molecule has 142 valence electrons. The number of ether oxygens (including phenoxy) is 1. The highest BCUT2D eigenvalue weighted by Crippen LogP contribution is 2.16. The van der Waals surface area contributed by atoms with Crippen molar-refractivity contribution in [2.45, 2.75) is 13.2 Å². The number of hydrogen-bond acceptors (Lipinski definition) is 5. The number of nitro benzene ring substituents is 1. The van der Waals surface area contributed by atoms with Crippen LogP contribution in [-0.2, 0) is 18.1 Å². The number of non-ortho nitro benzene ring substituents is 1. The summed E-state index contributed by atoms with van der Waals surface area (Å²) in [4.78, 5) is 15.5. The van der Waals surface area contributed by atoms with Crippen molar-refractivity contribution in [1.29, 1.82) is 0 Å². The minimum absolute atomic E-state index is 0.0102. The van der Waals surface area contributed by atoms with E-state index in [2.05, 4.69) is 5.16 Å². The molecule has 3 aromatic carbocycles. The monoisotopic (exact) mass is 380 g/mol. The number of hydrogen-bond donors (Lipinski definition) is 0. The van der Waals surface area contributed by atoms with Crippen LogP contribution in [-0.4, -0.2) is 11.1 Å². The van der Waals surface area contributed by atoms with Crippen LogP contribution in [0.25, 0.3) is 0 Å². The zero-order valence-electron chi connectivity index (χ0n) is 14.8. The van der Waals surface area contributed by atoms with E-state index in [9.17, 15) is 14.5 Å². The maximum Gasteiger partial charge on any atom is 0.269 e. The van der Waals surface area contributed by atoms with Crippen molar-refractivity contribution in [1.82, 2.24) is 0 Å². The molecule has 0 N–H and O–H groups in total. The average molecular weight is 380 g/mol. The summed E-state index contributed by atoms with van der Waals surface area (Å²) in [5.74, 6) is 0.310. The molecule has 0 spiro atoms. The van der Waals surface area contributed by atoms with E-state index < -0.39 is 4.92 Å². The Balaban J connectivity index is 1.49. The van der Waals surface area contributed by atoms with Gasteiger partial charge in [0.2, 0.25) is 0 Å². The Hall–Kier alpha value is -3.74. The molecule has 7 heteroatoms. The van der Waals surface area contributed by atoms with Crippen molar-refractivity contribution in [3.8, 4) is 5.75 Å². The molecule has 0 heterocycles. The van der Waals surface area contributed by atoms with E-state index in [1.165, 1.54) is 24.4 Å². The number of oxime groups is 1. The molecule has 0 saturated carbocycles. The lowest BCUT2D eigenvalue weighted by Crippen LogP contribution is -1.98. The molecule has 0 aliphatic rings. The summed E-state index contributed by atoms with van der Waals surface area (Å²) >= 11 is 0. The molecule has 0 radical (unpaired) electrons. The SMILES string of the molecule is O=[N+]([O-])c1cccc(CO/N=C\c2ccc(OCc3ccccc3F)cc2)c1. The van der Waals surface area contributed by atoms with Crippen molar-refractivity contribution in [3.63, 3.8) is 0 Å². The van der Waals surface area contributed by atoms with Gasteiger partial charge in [0.05, 0.1) is 11.1 Å². The largest absolute Gasteiger partial charge is 0.489 e. The first-order valence-corrected chi connectivity index (χ1v) is 8.47. The highest BCUT2D eigenvalue weighted by atomic mass is 19.1. The maximum atomic E-state index is 13.6. The molecule has 0 aliphatic heterocycles. The molecule has 0 fully saturated rings. The molecular formula is C21H17FN2O4. The van der Waals surface area contributed by atoms with Gasteiger partial charge >= 0.3 is 0 Å². The Morgan fingerprint density at radius 3 is 2.54 bits per heavy atom. The Morgan fingerprint density at radius 2 is 1.79 bits per heavy atom. The molecule has 0 aliphatic carbocycles. The minimum atomic E-state index is -0.456. The fraction of sp³-hybridized carbons (Fsp3) is 0.0952. The smallest absolute Gasteiger partial charge is 0.269 e. The normalized spacial score (nSPS) is 10.8. The minimum Gasteiger partial charge on any atom is -0.489 e. The van der Waals surface area contributed by atoms with Crippen LogP contribution in [0, 0.1) is 15.9 Å². The van der Waals surface area contributed by atoms with Gasteiger partial charge in [0.1, 0.15) is 24.8 Å². The predicted molar refractivity (Wildman–Crippen MR) is 103 cm³/mol. The molecule has 0 aromatic heterocycles. The second kappa shape index (κ2) is 9.27. The molecule has 6 nitrogen and oxygen atoms in total. The van der Waals surface area contributed by atoms with Gasteiger partial charge in [-0.25, -0.2) is 4.39 Å². The first kappa shape index (κ1) is 19.0. The summed E-state index contributed by atoms with van der Waals surface area (Å²) < 4.78 is 19.1. The van der Waals surface area contributed by atoms with Gasteiger partial charge in [-0.05, 0) is 41.5 Å². The van der Waals surface area contributed by atoms with Crippen molar-refractivity contribution in [3.05, 3.63) is 105 Å². The first-order chi connectivity index (χ1) is 13.6. The first-order valence-electron chi connectivity index (χ1n) is 8.47. The molecule has 3 aromatic rings. The number of halogens is 1. The summed E-state index contributed by atoms with van der Waals surface area (Å²) in [6.07, 6.45) is 1.53. The molecule has 0 saturated heterocycles. The van der Waals surface area contributed by atoms with E-state index in [1.54, 1.807) is 54.6 Å². The number of rotatable bonds is 8. The lowest BCUT2D eigenvalue weighted by atomic mass is 10.2. The number of nitrogens with zero attached hydrogens (tertiary/aromatic N) is 2. The van der Waals surface area contributed by atoms with Gasteiger partial charge in [-0.1, -0.05) is 35.5 Å². The van der Waals surface area contributed by atoms with Crippen molar-refractivity contribution < 1.29 is 18.9 Å². The van der Waals surface area contributed by atoms with Crippen LogP contribution < -0.4 is 4.74 Å². The van der Waals surface area contributed by atoms with Gasteiger partial charge in [-0.15, -0.1) is 0 Å². The fourth-order valence-electron chi connectivity index (χ4n) is 2.40. The zero-order chi connectivity index (χ0) is 19.8. The molecule has 0 unspecified atom stereocenters. The van der Waals surface area contributed by atoms with E-state index in [0.717, 1.165) is 5.56 Å². The average Bonchev–Trinajstić information content (AvgIpc) is 2.72. The van der Waals surface area contributed by atoms with Gasteiger partial charge < -0.3 is 9.57 Å². The van der Waals surface area contributed by atoms with Crippen molar-refractivity contribution >= 4 is 11.9 Å². The lowest BCUT2D eigenvalue weighted by Gasteiger charge is -2.07. The maximum absolute atomic E-state index is 13.6. The Morgan fingerprint density at radius 1 is 1.00 bits per heavy atom. The highest BCUT2D eigenvalue weighted by Gasteiger charge is 2.05.